The van der Waals surface area contributed by atoms with E-state index in [1.165, 1.54) is 0 Å². The quantitative estimate of drug-likeness (QED) is 0.513. The molecule has 0 aromatic carbocycles. The lowest BCUT2D eigenvalue weighted by Gasteiger charge is -2.25. The van der Waals surface area contributed by atoms with Crippen molar-refractivity contribution < 1.29 is 23.7 Å². The average molecular weight is 304 g/mol. The number of hydrogen-bond donors (Lipinski definition) is 3. The average Bonchev–Trinajstić information content (AvgIpc) is 2.67. The lowest BCUT2D eigenvalue weighted by atomic mass is 9.96. The summed E-state index contributed by atoms with van der Waals surface area (Å²) in [6, 6.07) is 0. The first-order valence-electron chi connectivity index (χ1n) is 5.46. The number of aromatic amines is 1. The number of hydrogen-bond acceptors (Lipinski definition) is 5. The van der Waals surface area contributed by atoms with Gasteiger partial charge in [0.25, 0.3) is 5.56 Å². The van der Waals surface area contributed by atoms with Gasteiger partial charge in [-0.05, 0) is 12.2 Å². The SMILES string of the molecule is C#CC1(O)C(F)C(CO)OC1n1cc(F)c(=O)[nH]c1=S. The highest BCUT2D eigenvalue weighted by Crippen LogP contribution is 2.39. The van der Waals surface area contributed by atoms with Crippen molar-refractivity contribution in [3.8, 4) is 12.3 Å². The molecule has 1 aliphatic heterocycles. The smallest absolute Gasteiger partial charge is 0.287 e. The molecule has 4 atom stereocenters. The number of alkyl halides is 1. The van der Waals surface area contributed by atoms with Gasteiger partial charge in [0.1, 0.15) is 6.10 Å². The molecule has 1 aliphatic rings. The number of nitrogens with one attached hydrogen (secondary N) is 1. The van der Waals surface area contributed by atoms with Crippen LogP contribution in [-0.2, 0) is 4.74 Å². The van der Waals surface area contributed by atoms with E-state index in [0.29, 0.717) is 6.20 Å². The van der Waals surface area contributed by atoms with Gasteiger partial charge in [0.05, 0.1) is 12.8 Å². The molecule has 1 saturated heterocycles. The van der Waals surface area contributed by atoms with Gasteiger partial charge in [-0.25, -0.2) is 4.39 Å². The number of aromatic nitrogens is 2. The monoisotopic (exact) mass is 304 g/mol. The fraction of sp³-hybridized carbons (Fsp3) is 0.455. The van der Waals surface area contributed by atoms with Crippen LogP contribution < -0.4 is 5.56 Å². The van der Waals surface area contributed by atoms with Crippen molar-refractivity contribution in [2.75, 3.05) is 6.61 Å². The molecular weight excluding hydrogens is 294 g/mol. The molecule has 9 heteroatoms. The van der Waals surface area contributed by atoms with E-state index in [0.717, 1.165) is 4.57 Å². The van der Waals surface area contributed by atoms with Gasteiger partial charge >= 0.3 is 0 Å². The van der Waals surface area contributed by atoms with E-state index in [1.54, 1.807) is 0 Å². The normalized spacial score (nSPS) is 33.0. The third kappa shape index (κ3) is 2.06. The molecule has 1 aromatic heterocycles. The molecule has 2 rings (SSSR count). The Kier molecular flexibility index (Phi) is 3.75. The van der Waals surface area contributed by atoms with Gasteiger partial charge < -0.3 is 14.9 Å². The first kappa shape index (κ1) is 14.8. The second kappa shape index (κ2) is 5.06. The summed E-state index contributed by atoms with van der Waals surface area (Å²) in [6.45, 7) is -0.735. The summed E-state index contributed by atoms with van der Waals surface area (Å²) in [5, 5.41) is 19.1. The van der Waals surface area contributed by atoms with E-state index in [9.17, 15) is 18.7 Å². The maximum Gasteiger partial charge on any atom is 0.287 e. The summed E-state index contributed by atoms with van der Waals surface area (Å²) in [7, 11) is 0. The van der Waals surface area contributed by atoms with Crippen LogP contribution in [-0.4, -0.2) is 44.2 Å². The zero-order valence-corrected chi connectivity index (χ0v) is 10.7. The standard InChI is InChI=1S/C11H10F2N2O4S/c1-2-11(18)7(13)6(4-16)19-9(11)15-3-5(12)8(17)14-10(15)20/h1,3,6-7,9,16,18H,4H2,(H,14,17,20). The third-order valence-electron chi connectivity index (χ3n) is 3.02. The van der Waals surface area contributed by atoms with Crippen LogP contribution in [0.2, 0.25) is 0 Å². The minimum absolute atomic E-state index is 0.305. The van der Waals surface area contributed by atoms with E-state index < -0.39 is 42.1 Å². The Balaban J connectivity index is 2.58. The minimum Gasteiger partial charge on any atom is -0.394 e. The number of aliphatic hydroxyl groups excluding tert-OH is 1. The highest BCUT2D eigenvalue weighted by Gasteiger charge is 2.56. The van der Waals surface area contributed by atoms with Crippen molar-refractivity contribution >= 4 is 12.2 Å². The largest absolute Gasteiger partial charge is 0.394 e. The molecule has 108 valence electrons. The van der Waals surface area contributed by atoms with E-state index in [2.05, 4.69) is 0 Å². The summed E-state index contributed by atoms with van der Waals surface area (Å²) in [4.78, 5) is 13.1. The van der Waals surface area contributed by atoms with Crippen LogP contribution in [0.4, 0.5) is 8.78 Å². The van der Waals surface area contributed by atoms with Crippen LogP contribution >= 0.6 is 12.2 Å². The van der Waals surface area contributed by atoms with Crippen LogP contribution in [0.3, 0.4) is 0 Å². The van der Waals surface area contributed by atoms with Crippen LogP contribution in [0, 0.1) is 22.9 Å². The van der Waals surface area contributed by atoms with Crippen molar-refractivity contribution in [1.29, 1.82) is 0 Å². The number of nitrogens with zero attached hydrogens (tertiary/aromatic N) is 1. The fourth-order valence-electron chi connectivity index (χ4n) is 1.96. The van der Waals surface area contributed by atoms with Gasteiger partial charge in [0.15, 0.2) is 17.2 Å². The summed E-state index contributed by atoms with van der Waals surface area (Å²) < 4.78 is 32.9. The predicted octanol–water partition coefficient (Wildman–Crippen LogP) is -0.363. The highest BCUT2D eigenvalue weighted by atomic mass is 32.1. The second-order valence-corrected chi connectivity index (χ2v) is 4.61. The molecule has 0 saturated carbocycles. The lowest BCUT2D eigenvalue weighted by Crippen LogP contribution is -2.43. The van der Waals surface area contributed by atoms with E-state index >= 15 is 0 Å². The lowest BCUT2D eigenvalue weighted by molar-refractivity contribution is -0.0744. The Labute approximate surface area is 116 Å². The van der Waals surface area contributed by atoms with Crippen LogP contribution in [0.5, 0.6) is 0 Å². The van der Waals surface area contributed by atoms with Crippen molar-refractivity contribution in [3.63, 3.8) is 0 Å². The molecule has 1 aromatic rings. The number of halogens is 2. The maximum absolute atomic E-state index is 14.0. The second-order valence-electron chi connectivity index (χ2n) is 4.22. The van der Waals surface area contributed by atoms with Gasteiger partial charge in [-0.15, -0.1) is 6.42 Å². The third-order valence-corrected chi connectivity index (χ3v) is 3.33. The van der Waals surface area contributed by atoms with Crippen molar-refractivity contribution in [2.24, 2.45) is 0 Å². The summed E-state index contributed by atoms with van der Waals surface area (Å²) in [5.41, 5.74) is -3.51. The zero-order valence-electron chi connectivity index (χ0n) is 9.92. The number of aliphatic hydroxyl groups is 2. The van der Waals surface area contributed by atoms with Crippen molar-refractivity contribution in [1.82, 2.24) is 9.55 Å². The Morgan fingerprint density at radius 2 is 2.35 bits per heavy atom. The van der Waals surface area contributed by atoms with Gasteiger partial charge in [-0.3, -0.25) is 14.3 Å². The molecule has 1 fully saturated rings. The number of rotatable bonds is 2. The zero-order chi connectivity index (χ0) is 15.1. The topological polar surface area (TPSA) is 87.5 Å². The number of terminal acetylenes is 1. The van der Waals surface area contributed by atoms with Crippen LogP contribution in [0.25, 0.3) is 0 Å². The highest BCUT2D eigenvalue weighted by molar-refractivity contribution is 7.71. The van der Waals surface area contributed by atoms with Crippen molar-refractivity contribution in [3.05, 3.63) is 27.1 Å². The number of H-pyrrole nitrogens is 1. The Morgan fingerprint density at radius 3 is 2.90 bits per heavy atom. The molecule has 0 spiro atoms. The summed E-state index contributed by atoms with van der Waals surface area (Å²) >= 11 is 4.80. The molecule has 3 N–H and O–H groups in total. The molecule has 6 nitrogen and oxygen atoms in total. The first-order valence-corrected chi connectivity index (χ1v) is 5.87. The fourth-order valence-corrected chi connectivity index (χ4v) is 2.20. The Hall–Kier alpha value is -1.60. The van der Waals surface area contributed by atoms with E-state index in [-0.39, 0.29) is 4.77 Å². The molecular formula is C11H10F2N2O4S. The molecule has 2 heterocycles. The maximum atomic E-state index is 14.0. The molecule has 0 amide bonds. The molecule has 4 unspecified atom stereocenters. The summed E-state index contributed by atoms with van der Waals surface area (Å²) in [5.74, 6) is 0.623. The van der Waals surface area contributed by atoms with Gasteiger partial charge in [-0.1, -0.05) is 5.92 Å². The Morgan fingerprint density at radius 1 is 1.70 bits per heavy atom. The van der Waals surface area contributed by atoms with E-state index in [4.69, 9.17) is 28.5 Å². The first-order chi connectivity index (χ1) is 9.35. The molecule has 20 heavy (non-hydrogen) atoms. The summed E-state index contributed by atoms with van der Waals surface area (Å²) in [6.07, 6.45) is 0.700. The van der Waals surface area contributed by atoms with Crippen molar-refractivity contribution in [2.45, 2.75) is 24.1 Å². The Bertz CT molecular complexity index is 682. The molecule has 0 radical (unpaired) electrons. The van der Waals surface area contributed by atoms with Gasteiger partial charge in [0.2, 0.25) is 11.4 Å². The van der Waals surface area contributed by atoms with Gasteiger partial charge in [0, 0.05) is 0 Å². The van der Waals surface area contributed by atoms with E-state index in [1.807, 2.05) is 10.9 Å². The van der Waals surface area contributed by atoms with Crippen LogP contribution in [0.1, 0.15) is 6.23 Å². The number of ether oxygens (including phenoxy) is 1. The predicted molar refractivity (Wildman–Crippen MR) is 65.5 cm³/mol. The van der Waals surface area contributed by atoms with Crippen LogP contribution in [0.15, 0.2) is 11.0 Å². The minimum atomic E-state index is -2.45. The molecule has 0 aliphatic carbocycles. The van der Waals surface area contributed by atoms with Gasteiger partial charge in [-0.2, -0.15) is 4.39 Å². The molecule has 0 bridgehead atoms.